The maximum Gasteiger partial charge on any atom is 0.223 e. The van der Waals surface area contributed by atoms with Gasteiger partial charge in [-0.3, -0.25) is 0 Å². The van der Waals surface area contributed by atoms with Gasteiger partial charge in [0, 0.05) is 0 Å². The van der Waals surface area contributed by atoms with E-state index in [0.717, 1.165) is 16.7 Å². The topological polar surface area (TPSA) is 21.6 Å². The Morgan fingerprint density at radius 2 is 1.37 bits per heavy atom. The van der Waals surface area contributed by atoms with Gasteiger partial charge in [-0.2, -0.15) is 0 Å². The summed E-state index contributed by atoms with van der Waals surface area (Å²) in [6.45, 7) is 3.91. The maximum atomic E-state index is 14.0. The third-order valence-corrected chi connectivity index (χ3v) is 4.81. The summed E-state index contributed by atoms with van der Waals surface area (Å²) in [6, 6.07) is 19.8. The summed E-state index contributed by atoms with van der Waals surface area (Å²) < 4.78 is 33.7. The van der Waals surface area contributed by atoms with Gasteiger partial charge in [-0.05, 0) is 42.7 Å². The number of rotatable bonds is 3. The lowest BCUT2D eigenvalue weighted by Crippen LogP contribution is -2.14. The Kier molecular flexibility index (Phi) is 4.48. The molecule has 0 fully saturated rings. The minimum Gasteiger partial charge on any atom is -0.472 e. The van der Waals surface area contributed by atoms with E-state index in [4.69, 9.17) is 4.74 Å². The van der Waals surface area contributed by atoms with E-state index < -0.39 is 11.6 Å². The summed E-state index contributed by atoms with van der Waals surface area (Å²) in [4.78, 5) is 4.46. The first kappa shape index (κ1) is 17.4. The molecule has 0 N–H and O–H groups in total. The van der Waals surface area contributed by atoms with Gasteiger partial charge in [0.1, 0.15) is 29.3 Å². The molecule has 0 amide bonds. The average Bonchev–Trinajstić information content (AvgIpc) is 3.04. The van der Waals surface area contributed by atoms with E-state index in [1.807, 2.05) is 31.2 Å². The lowest BCUT2D eigenvalue weighted by atomic mass is 9.98. The summed E-state index contributed by atoms with van der Waals surface area (Å²) >= 11 is 0. The number of benzene rings is 3. The van der Waals surface area contributed by atoms with Crippen molar-refractivity contribution in [2.75, 3.05) is 0 Å². The van der Waals surface area contributed by atoms with E-state index in [9.17, 15) is 8.78 Å². The minimum atomic E-state index is -0.670. The molecule has 3 aromatic carbocycles. The lowest BCUT2D eigenvalue weighted by Gasteiger charge is -2.13. The first-order valence-electron chi connectivity index (χ1n) is 8.89. The van der Waals surface area contributed by atoms with Gasteiger partial charge in [0.25, 0.3) is 0 Å². The molecule has 136 valence electrons. The Bertz CT molecular complexity index is 974. The second-order valence-corrected chi connectivity index (χ2v) is 6.79. The molecule has 0 saturated heterocycles. The molecule has 1 heterocycles. The molecule has 2 atom stereocenters. The smallest absolute Gasteiger partial charge is 0.223 e. The Balaban J connectivity index is 1.63. The Morgan fingerprint density at radius 3 is 1.96 bits per heavy atom. The maximum absolute atomic E-state index is 14.0. The SMILES string of the molecule is Cc1ccc(-c2ccc([C@H]3N=C(c4c(F)cccc4F)O[C@@H]3C)cc2)cc1. The largest absolute Gasteiger partial charge is 0.472 e. The number of halogens is 2. The van der Waals surface area contributed by atoms with Crippen molar-refractivity contribution in [1.82, 2.24) is 0 Å². The molecular formula is C23H19F2NO. The first-order valence-corrected chi connectivity index (χ1v) is 8.89. The van der Waals surface area contributed by atoms with Gasteiger partial charge in [0.15, 0.2) is 0 Å². The normalized spacial score (nSPS) is 18.9. The molecule has 0 saturated carbocycles. The molecule has 0 bridgehead atoms. The predicted molar refractivity (Wildman–Crippen MR) is 103 cm³/mol. The number of aryl methyl sites for hydroxylation is 1. The second-order valence-electron chi connectivity index (χ2n) is 6.79. The predicted octanol–water partition coefficient (Wildman–Crippen LogP) is 5.85. The van der Waals surface area contributed by atoms with Crippen LogP contribution in [0.15, 0.2) is 71.7 Å². The van der Waals surface area contributed by atoms with Crippen molar-refractivity contribution in [2.45, 2.75) is 26.0 Å². The van der Waals surface area contributed by atoms with Gasteiger partial charge in [0.2, 0.25) is 5.90 Å². The molecule has 0 aliphatic carbocycles. The zero-order valence-electron chi connectivity index (χ0n) is 15.1. The van der Waals surface area contributed by atoms with Crippen LogP contribution in [0.3, 0.4) is 0 Å². The van der Waals surface area contributed by atoms with E-state index >= 15 is 0 Å². The van der Waals surface area contributed by atoms with Crippen LogP contribution in [0.2, 0.25) is 0 Å². The van der Waals surface area contributed by atoms with Crippen LogP contribution in [0.1, 0.15) is 29.7 Å². The lowest BCUT2D eigenvalue weighted by molar-refractivity contribution is 0.213. The van der Waals surface area contributed by atoms with E-state index in [-0.39, 0.29) is 23.6 Å². The Labute approximate surface area is 157 Å². The zero-order chi connectivity index (χ0) is 19.0. The summed E-state index contributed by atoms with van der Waals surface area (Å²) in [7, 11) is 0. The number of aliphatic imine (C=N–C) groups is 1. The van der Waals surface area contributed by atoms with Gasteiger partial charge in [-0.1, -0.05) is 60.2 Å². The fourth-order valence-electron chi connectivity index (χ4n) is 3.29. The fourth-order valence-corrected chi connectivity index (χ4v) is 3.29. The van der Waals surface area contributed by atoms with Gasteiger partial charge < -0.3 is 4.74 Å². The van der Waals surface area contributed by atoms with Gasteiger partial charge in [-0.25, -0.2) is 13.8 Å². The molecule has 4 rings (SSSR count). The molecule has 0 aromatic heterocycles. The molecule has 27 heavy (non-hydrogen) atoms. The molecule has 0 radical (unpaired) electrons. The monoisotopic (exact) mass is 363 g/mol. The highest BCUT2D eigenvalue weighted by atomic mass is 19.1. The molecule has 2 nitrogen and oxygen atoms in total. The van der Waals surface area contributed by atoms with Crippen molar-refractivity contribution in [3.8, 4) is 11.1 Å². The van der Waals surface area contributed by atoms with Gasteiger partial charge >= 0.3 is 0 Å². The first-order chi connectivity index (χ1) is 13.0. The van der Waals surface area contributed by atoms with Crippen LogP contribution in [0.4, 0.5) is 8.78 Å². The molecule has 1 aliphatic heterocycles. The van der Waals surface area contributed by atoms with Crippen LogP contribution in [0.5, 0.6) is 0 Å². The highest BCUT2D eigenvalue weighted by Crippen LogP contribution is 2.33. The zero-order valence-corrected chi connectivity index (χ0v) is 15.1. The van der Waals surface area contributed by atoms with Crippen molar-refractivity contribution in [3.05, 3.63) is 95.1 Å². The van der Waals surface area contributed by atoms with Crippen LogP contribution in [0, 0.1) is 18.6 Å². The highest BCUT2D eigenvalue weighted by Gasteiger charge is 2.31. The summed E-state index contributed by atoms with van der Waals surface area (Å²) in [5.74, 6) is -1.32. The van der Waals surface area contributed by atoms with Crippen molar-refractivity contribution in [3.63, 3.8) is 0 Å². The quantitative estimate of drug-likeness (QED) is 0.572. The number of hydrogen-bond donors (Lipinski definition) is 0. The Morgan fingerprint density at radius 1 is 0.815 bits per heavy atom. The molecule has 1 aliphatic rings. The van der Waals surface area contributed by atoms with Crippen LogP contribution in [-0.2, 0) is 4.74 Å². The summed E-state index contributed by atoms with van der Waals surface area (Å²) in [6.07, 6.45) is -0.302. The fraction of sp³-hybridized carbons (Fsp3) is 0.174. The third kappa shape index (κ3) is 3.35. The molecule has 3 aromatic rings. The van der Waals surface area contributed by atoms with Crippen LogP contribution < -0.4 is 0 Å². The van der Waals surface area contributed by atoms with E-state index in [1.165, 1.54) is 23.8 Å². The molecule has 4 heteroatoms. The highest BCUT2D eigenvalue weighted by molar-refractivity contribution is 5.96. The van der Waals surface area contributed by atoms with E-state index in [0.29, 0.717) is 0 Å². The van der Waals surface area contributed by atoms with Crippen molar-refractivity contribution < 1.29 is 13.5 Å². The number of nitrogens with zero attached hydrogens (tertiary/aromatic N) is 1. The standard InChI is InChI=1S/C23H19F2NO/c1-14-6-8-16(9-7-14)17-10-12-18(13-11-17)22-15(2)27-23(26-22)21-19(24)4-3-5-20(21)25/h3-13,15,22H,1-2H3/t15-,22+/m1/s1. The van der Waals surface area contributed by atoms with Crippen LogP contribution in [-0.4, -0.2) is 12.0 Å². The van der Waals surface area contributed by atoms with Crippen molar-refractivity contribution >= 4 is 5.90 Å². The Hall–Kier alpha value is -3.01. The molecular weight excluding hydrogens is 344 g/mol. The van der Waals surface area contributed by atoms with Crippen molar-refractivity contribution in [1.29, 1.82) is 0 Å². The average molecular weight is 363 g/mol. The summed E-state index contributed by atoms with van der Waals surface area (Å²) in [5, 5.41) is 0. The number of ether oxygens (including phenoxy) is 1. The van der Waals surface area contributed by atoms with Crippen LogP contribution >= 0.6 is 0 Å². The van der Waals surface area contributed by atoms with Gasteiger partial charge in [0.05, 0.1) is 0 Å². The molecule has 0 spiro atoms. The summed E-state index contributed by atoms with van der Waals surface area (Å²) in [5.41, 5.74) is 4.21. The van der Waals surface area contributed by atoms with E-state index in [1.54, 1.807) is 0 Å². The van der Waals surface area contributed by atoms with Crippen LogP contribution in [0.25, 0.3) is 11.1 Å². The van der Waals surface area contributed by atoms with Crippen molar-refractivity contribution in [2.24, 2.45) is 4.99 Å². The van der Waals surface area contributed by atoms with Gasteiger partial charge in [-0.15, -0.1) is 0 Å². The third-order valence-electron chi connectivity index (χ3n) is 4.81. The minimum absolute atomic E-state index is 0.0192. The number of hydrogen-bond acceptors (Lipinski definition) is 2. The molecule has 0 unspecified atom stereocenters. The van der Waals surface area contributed by atoms with E-state index in [2.05, 4.69) is 36.2 Å². The second kappa shape index (κ2) is 6.95.